The number of nitrogens with two attached hydrogens (primary N) is 2. The van der Waals surface area contributed by atoms with Gasteiger partial charge in [-0.3, -0.25) is 30.3 Å². The van der Waals surface area contributed by atoms with E-state index in [9.17, 15) is 53.7 Å². The number of nitrogens with one attached hydrogen (secondary N) is 2. The first kappa shape index (κ1) is 109. The van der Waals surface area contributed by atoms with Crippen molar-refractivity contribution in [1.29, 1.82) is 31.6 Å². The Labute approximate surface area is 746 Å². The summed E-state index contributed by atoms with van der Waals surface area (Å²) < 4.78 is 108. The molecular weight excluding hydrogens is 1700 g/mol. The molecule has 1 aliphatic rings. The predicted molar refractivity (Wildman–Crippen MR) is 467 cm³/mol. The Morgan fingerprint density at radius 3 is 1.01 bits per heavy atom. The van der Waals surface area contributed by atoms with Gasteiger partial charge in [0, 0.05) is 120 Å². The third-order valence-electron chi connectivity index (χ3n) is 16.1. The molecule has 0 amide bonds. The first-order chi connectivity index (χ1) is 62.8. The molecule has 1 heterocycles. The van der Waals surface area contributed by atoms with E-state index in [0.717, 1.165) is 47.7 Å². The minimum Gasteiger partial charge on any atom is -0.506 e. The molecular formula is C90H96F3N13O24. The number of phenols is 3. The molecule has 1 aliphatic heterocycles. The Hall–Kier alpha value is -15.7. The topological polar surface area (TPSA) is 558 Å². The predicted octanol–water partition coefficient (Wildman–Crippen LogP) is 14.7. The normalized spacial score (nSPS) is 10.3. The largest absolute Gasteiger partial charge is 0.506 e. The van der Waals surface area contributed by atoms with Crippen molar-refractivity contribution in [1.82, 2.24) is 0 Å². The van der Waals surface area contributed by atoms with Crippen molar-refractivity contribution < 1.29 is 115 Å². The standard InChI is InChI=1S/C17H20FNO4.C14H11FN2O.C11H12N2O5.2C11H14N2O3.C8H6N2O3.C7H7FO.C7H4N2O3.C4H8O/c1-21-8-9-22-12-23-17-10-15(6-7-16(17)20)19-11-13-2-4-14(18)5-3-13;15-12-4-1-10(2-5-12)9-17-13-6-3-11(8-16)14(18)7-13;1-16-4-5-17-8-18-11-6-10(13(14)15)3-2-9(11)7-12;2*1-14-4-5-15-8-16-11-6-10(13)3-2-9(11)7-12;1-13-8-4-7(10(11)12)3-2-6(8)5-9;8-7-3-1-6(5-9)2-4-7;8-4-5-1-2-6(9(11)12)3-7(5)10;1-2-4-5-3-1/h2-7,10,19-20H,8-9,11-12H2,1H3;1-7,17-18H,9H2;2-3,6H,4-5,8H2,1H3;2*2-3,6H,4-5,8,13H2,1H3;2-4H,1H3;1-4,9H,5H2;1-3,10H;1-4H2. The van der Waals surface area contributed by atoms with Crippen LogP contribution in [0.1, 0.15) is 62.9 Å². The molecule has 37 nitrogen and oxygen atoms in total. The number of benzene rings is 10. The lowest BCUT2D eigenvalue weighted by Gasteiger charge is -2.12. The Balaban J connectivity index is 0.000000384. The highest BCUT2D eigenvalue weighted by molar-refractivity contribution is 5.58. The summed E-state index contributed by atoms with van der Waals surface area (Å²) in [6, 6.07) is 59.9. The summed E-state index contributed by atoms with van der Waals surface area (Å²) in [5.74, 6) is 0.345. The van der Waals surface area contributed by atoms with Crippen molar-refractivity contribution in [2.45, 2.75) is 32.5 Å². The van der Waals surface area contributed by atoms with Gasteiger partial charge in [0.1, 0.15) is 88.4 Å². The first-order valence-electron chi connectivity index (χ1n) is 38.4. The summed E-state index contributed by atoms with van der Waals surface area (Å²) in [5, 5.41) is 126. The molecule has 0 radical (unpaired) electrons. The number of hydrogen-bond donors (Lipinski definition) is 8. The number of methoxy groups -OCH3 is 5. The van der Waals surface area contributed by atoms with Crippen molar-refractivity contribution in [2.24, 2.45) is 0 Å². The zero-order valence-electron chi connectivity index (χ0n) is 71.3. The average Bonchev–Trinajstić information content (AvgIpc) is 1.24. The lowest BCUT2D eigenvalue weighted by Crippen LogP contribution is -2.08. The zero-order chi connectivity index (χ0) is 95.6. The average molecular weight is 1800 g/mol. The summed E-state index contributed by atoms with van der Waals surface area (Å²) in [4.78, 5) is 29.4. The molecule has 130 heavy (non-hydrogen) atoms. The van der Waals surface area contributed by atoms with Gasteiger partial charge in [-0.1, -0.05) is 36.4 Å². The van der Waals surface area contributed by atoms with Gasteiger partial charge >= 0.3 is 0 Å². The fourth-order valence-electron chi connectivity index (χ4n) is 9.37. The van der Waals surface area contributed by atoms with Crippen LogP contribution in [0.5, 0.6) is 46.0 Å². The molecule has 0 saturated carbocycles. The fraction of sp³-hybridized carbons (Fsp3) is 0.267. The van der Waals surface area contributed by atoms with Gasteiger partial charge in [-0.05, 0) is 133 Å². The van der Waals surface area contributed by atoms with Crippen LogP contribution in [0, 0.1) is 116 Å². The third kappa shape index (κ3) is 44.8. The number of nitro benzene ring substituents is 3. The number of anilines is 4. The van der Waals surface area contributed by atoms with Crippen LogP contribution in [0.4, 0.5) is 53.0 Å². The summed E-state index contributed by atoms with van der Waals surface area (Å²) in [6.07, 6.45) is 2.56. The van der Waals surface area contributed by atoms with Crippen LogP contribution in [0.3, 0.4) is 0 Å². The number of nitro groups is 3. The monoisotopic (exact) mass is 1800 g/mol. The summed E-state index contributed by atoms with van der Waals surface area (Å²) in [7, 11) is 7.68. The molecule has 10 aromatic rings. The molecule has 0 aromatic heterocycles. The van der Waals surface area contributed by atoms with E-state index in [-0.39, 0.29) is 119 Å². The molecule has 1 fully saturated rings. The van der Waals surface area contributed by atoms with Crippen LogP contribution in [0.2, 0.25) is 0 Å². The van der Waals surface area contributed by atoms with Crippen LogP contribution in [-0.2, 0) is 62.3 Å². The molecule has 1 saturated heterocycles. The lowest BCUT2D eigenvalue weighted by molar-refractivity contribution is -0.385. The number of phenolic OH excluding ortho intramolecular Hbond substituents is 3. The minimum atomic E-state index is -0.638. The molecule has 0 atom stereocenters. The Morgan fingerprint density at radius 2 is 0.677 bits per heavy atom. The molecule has 10 aromatic carbocycles. The number of rotatable bonds is 35. The second-order valence-corrected chi connectivity index (χ2v) is 25.4. The van der Waals surface area contributed by atoms with E-state index >= 15 is 0 Å². The van der Waals surface area contributed by atoms with E-state index in [1.54, 1.807) is 132 Å². The van der Waals surface area contributed by atoms with Gasteiger partial charge in [-0.25, -0.2) is 13.2 Å². The highest BCUT2D eigenvalue weighted by Crippen LogP contribution is 2.31. The highest BCUT2D eigenvalue weighted by atomic mass is 19.1. The Kier molecular flexibility index (Phi) is 54.3. The fourth-order valence-corrected chi connectivity index (χ4v) is 9.37. The van der Waals surface area contributed by atoms with E-state index in [0.29, 0.717) is 111 Å². The molecule has 0 bridgehead atoms. The number of aromatic hydroxyl groups is 3. The van der Waals surface area contributed by atoms with E-state index in [4.69, 9.17) is 120 Å². The summed E-state index contributed by atoms with van der Waals surface area (Å²) in [6.45, 7) is 6.66. The van der Waals surface area contributed by atoms with Gasteiger partial charge in [0.2, 0.25) is 0 Å². The zero-order valence-corrected chi connectivity index (χ0v) is 71.3. The minimum absolute atomic E-state index is 0.0261. The molecule has 10 N–H and O–H groups in total. The number of hydrogen-bond acceptors (Lipinski definition) is 34. The number of nitrogen functional groups attached to an aromatic ring is 2. The first-order valence-corrected chi connectivity index (χ1v) is 38.4. The van der Waals surface area contributed by atoms with E-state index in [2.05, 4.69) is 10.6 Å². The maximum absolute atomic E-state index is 12.9. The van der Waals surface area contributed by atoms with Crippen molar-refractivity contribution in [3.63, 3.8) is 0 Å². The number of non-ortho nitro benzene ring substituents is 3. The van der Waals surface area contributed by atoms with Gasteiger partial charge < -0.3 is 109 Å². The Bertz CT molecular complexity index is 5260. The van der Waals surface area contributed by atoms with Crippen LogP contribution in [-0.4, -0.2) is 164 Å². The molecule has 0 aliphatic carbocycles. The van der Waals surface area contributed by atoms with E-state index in [1.807, 2.05) is 30.3 Å². The molecule has 40 heteroatoms. The number of nitriles is 6. The lowest BCUT2D eigenvalue weighted by atomic mass is 10.2. The smallest absolute Gasteiger partial charge is 0.273 e. The highest BCUT2D eigenvalue weighted by Gasteiger charge is 2.15. The molecule has 0 spiro atoms. The van der Waals surface area contributed by atoms with Crippen LogP contribution < -0.4 is 45.8 Å². The van der Waals surface area contributed by atoms with Gasteiger partial charge in [0.25, 0.3) is 17.1 Å². The van der Waals surface area contributed by atoms with Crippen molar-refractivity contribution in [2.75, 3.05) is 151 Å². The molecule has 686 valence electrons. The van der Waals surface area contributed by atoms with Gasteiger partial charge in [-0.2, -0.15) is 31.6 Å². The van der Waals surface area contributed by atoms with Gasteiger partial charge in [-0.15, -0.1) is 0 Å². The van der Waals surface area contributed by atoms with Crippen molar-refractivity contribution in [3.8, 4) is 82.4 Å². The maximum Gasteiger partial charge on any atom is 0.273 e. The maximum atomic E-state index is 12.9. The van der Waals surface area contributed by atoms with Crippen molar-refractivity contribution >= 4 is 39.8 Å². The second-order valence-electron chi connectivity index (χ2n) is 25.4. The summed E-state index contributed by atoms with van der Waals surface area (Å²) in [5.41, 5.74) is 17.5. The number of aliphatic hydroxyl groups is 1. The van der Waals surface area contributed by atoms with E-state index < -0.39 is 14.8 Å². The van der Waals surface area contributed by atoms with E-state index in [1.165, 1.54) is 111 Å². The van der Waals surface area contributed by atoms with Gasteiger partial charge in [0.05, 0.1) is 133 Å². The van der Waals surface area contributed by atoms with Crippen LogP contribution >= 0.6 is 0 Å². The van der Waals surface area contributed by atoms with Gasteiger partial charge in [0.15, 0.2) is 38.7 Å². The van der Waals surface area contributed by atoms with Crippen molar-refractivity contribution in [3.05, 3.63) is 298 Å². The summed E-state index contributed by atoms with van der Waals surface area (Å²) >= 11 is 0. The van der Waals surface area contributed by atoms with Crippen LogP contribution in [0.25, 0.3) is 0 Å². The van der Waals surface area contributed by atoms with Crippen LogP contribution in [0.15, 0.2) is 200 Å². The number of halogens is 3. The number of aliphatic hydroxyl groups excluding tert-OH is 1. The Morgan fingerprint density at radius 1 is 0.369 bits per heavy atom. The molecule has 0 unspecified atom stereocenters. The number of ether oxygens (including phenoxy) is 14. The quantitative estimate of drug-likeness (QED) is 0.00457. The third-order valence-corrected chi connectivity index (χ3v) is 16.1. The molecule has 11 rings (SSSR count). The second kappa shape index (κ2) is 65.0. The SMILES string of the molecule is C1CCOC1.COCCOCOc1cc(N)ccc1C#N.COCCOCOc1cc(N)ccc1C#N.COCCOCOc1cc(NCc2ccc(F)cc2)ccc1O.COCCOCOc1cc([N+](=O)[O-])ccc1C#N.COc1cc([N+](=O)[O-])ccc1C#N.N#Cc1ccc(NCc2ccc(F)cc2)cc1O.N#Cc1ccc([N+](=O)[O-])cc1O.OCc1ccc(F)cc1. The number of nitrogens with zero attached hydrogens (tertiary/aromatic N) is 9.